The summed E-state index contributed by atoms with van der Waals surface area (Å²) < 4.78 is 3.03. The Labute approximate surface area is 95.1 Å². The van der Waals surface area contributed by atoms with Crippen molar-refractivity contribution in [3.05, 3.63) is 16.7 Å². The number of nitrogens with zero attached hydrogens (tertiary/aromatic N) is 1. The second-order valence-corrected chi connectivity index (χ2v) is 4.81. The van der Waals surface area contributed by atoms with Crippen molar-refractivity contribution in [2.24, 2.45) is 0 Å². The van der Waals surface area contributed by atoms with Gasteiger partial charge < -0.3 is 9.55 Å². The Bertz CT molecular complexity index is 314. The van der Waals surface area contributed by atoms with Crippen LogP contribution < -0.4 is 0 Å². The van der Waals surface area contributed by atoms with Gasteiger partial charge in [0.1, 0.15) is 0 Å². The number of unbranched alkanes of at least 4 members (excludes halogenated alkanes) is 2. The summed E-state index contributed by atoms with van der Waals surface area (Å²) in [4.78, 5) is 3.06. The van der Waals surface area contributed by atoms with Crippen LogP contribution >= 0.6 is 24.0 Å². The highest BCUT2D eigenvalue weighted by Crippen LogP contribution is 2.06. The molecular weight excluding hydrogens is 212 g/mol. The number of nitrogens with one attached hydrogen (secondary N) is 1. The molecule has 2 nitrogen and oxygen atoms in total. The molecule has 1 aromatic rings. The molecule has 1 rings (SSSR count). The first-order valence-corrected chi connectivity index (χ1v) is 6.79. The minimum absolute atomic E-state index is 0.854. The van der Waals surface area contributed by atoms with Gasteiger partial charge in [-0.2, -0.15) is 11.8 Å². The minimum Gasteiger partial charge on any atom is -0.337 e. The fraction of sp³-hybridized carbons (Fsp3) is 0.700. The fourth-order valence-corrected chi connectivity index (χ4v) is 2.24. The van der Waals surface area contributed by atoms with Crippen molar-refractivity contribution in [3.63, 3.8) is 0 Å². The van der Waals surface area contributed by atoms with E-state index in [2.05, 4.69) is 22.7 Å². The highest BCUT2D eigenvalue weighted by atomic mass is 32.2. The van der Waals surface area contributed by atoms with Gasteiger partial charge in [0.2, 0.25) is 0 Å². The fourth-order valence-electron chi connectivity index (χ4n) is 1.45. The maximum absolute atomic E-state index is 5.18. The molecule has 0 aliphatic carbocycles. The van der Waals surface area contributed by atoms with E-state index in [1.807, 2.05) is 18.0 Å². The number of aromatic nitrogens is 2. The summed E-state index contributed by atoms with van der Waals surface area (Å²) in [6.07, 6.45) is 7.98. The highest BCUT2D eigenvalue weighted by Gasteiger charge is 1.98. The van der Waals surface area contributed by atoms with Crippen LogP contribution in [0, 0.1) is 11.7 Å². The monoisotopic (exact) mass is 230 g/mol. The van der Waals surface area contributed by atoms with Gasteiger partial charge in [0, 0.05) is 18.4 Å². The summed E-state index contributed by atoms with van der Waals surface area (Å²) in [5.41, 5.74) is 1.24. The molecule has 4 heteroatoms. The molecule has 0 saturated carbocycles. The standard InChI is InChI=1S/C10H18N2S2/c1-9-8-11-10(13)12(9)6-4-3-5-7-14-2/h8H,3-7H2,1-2H3,(H,11,13). The maximum Gasteiger partial charge on any atom is 0.177 e. The summed E-state index contributed by atoms with van der Waals surface area (Å²) in [6, 6.07) is 0. The third kappa shape index (κ3) is 3.50. The van der Waals surface area contributed by atoms with E-state index in [-0.39, 0.29) is 0 Å². The van der Waals surface area contributed by atoms with Crippen LogP contribution in [-0.2, 0) is 6.54 Å². The van der Waals surface area contributed by atoms with E-state index in [9.17, 15) is 0 Å². The molecule has 0 fully saturated rings. The predicted molar refractivity (Wildman–Crippen MR) is 66.6 cm³/mol. The van der Waals surface area contributed by atoms with E-state index in [0.717, 1.165) is 11.3 Å². The van der Waals surface area contributed by atoms with Crippen molar-refractivity contribution in [2.45, 2.75) is 32.7 Å². The number of aryl methyl sites for hydroxylation is 1. The molecule has 0 amide bonds. The number of imidazole rings is 1. The molecule has 14 heavy (non-hydrogen) atoms. The van der Waals surface area contributed by atoms with Crippen LogP contribution in [0.1, 0.15) is 25.0 Å². The SMILES string of the molecule is CSCCCCCn1c(C)c[nH]c1=S. The Morgan fingerprint density at radius 3 is 2.79 bits per heavy atom. The third-order valence-electron chi connectivity index (χ3n) is 2.31. The van der Waals surface area contributed by atoms with Crippen molar-refractivity contribution >= 4 is 24.0 Å². The van der Waals surface area contributed by atoms with Gasteiger partial charge in [0.15, 0.2) is 4.77 Å². The largest absolute Gasteiger partial charge is 0.337 e. The van der Waals surface area contributed by atoms with Gasteiger partial charge in [-0.3, -0.25) is 0 Å². The Morgan fingerprint density at radius 1 is 1.43 bits per heavy atom. The maximum atomic E-state index is 5.18. The normalized spacial score (nSPS) is 10.7. The molecule has 0 bridgehead atoms. The molecule has 1 heterocycles. The Kier molecular flexibility index (Phi) is 5.33. The minimum atomic E-state index is 0.854. The Hall–Kier alpha value is -0.220. The van der Waals surface area contributed by atoms with Gasteiger partial charge in [0.25, 0.3) is 0 Å². The van der Waals surface area contributed by atoms with Crippen LogP contribution in [0.5, 0.6) is 0 Å². The molecule has 0 radical (unpaired) electrons. The van der Waals surface area contributed by atoms with Crippen molar-refractivity contribution in [3.8, 4) is 0 Å². The van der Waals surface area contributed by atoms with Crippen molar-refractivity contribution in [1.82, 2.24) is 9.55 Å². The van der Waals surface area contributed by atoms with Gasteiger partial charge in [0.05, 0.1) is 0 Å². The summed E-state index contributed by atoms with van der Waals surface area (Å²) in [6.45, 7) is 3.15. The molecule has 1 N–H and O–H groups in total. The van der Waals surface area contributed by atoms with E-state index in [4.69, 9.17) is 12.2 Å². The second kappa shape index (κ2) is 6.30. The van der Waals surface area contributed by atoms with Gasteiger partial charge >= 0.3 is 0 Å². The zero-order valence-electron chi connectivity index (χ0n) is 8.88. The highest BCUT2D eigenvalue weighted by molar-refractivity contribution is 7.98. The van der Waals surface area contributed by atoms with Crippen LogP contribution in [0.25, 0.3) is 0 Å². The van der Waals surface area contributed by atoms with Crippen LogP contribution in [0.2, 0.25) is 0 Å². The summed E-state index contributed by atoms with van der Waals surface area (Å²) in [7, 11) is 0. The van der Waals surface area contributed by atoms with Crippen LogP contribution in [0.3, 0.4) is 0 Å². The van der Waals surface area contributed by atoms with Gasteiger partial charge in [-0.25, -0.2) is 0 Å². The van der Waals surface area contributed by atoms with E-state index >= 15 is 0 Å². The first-order valence-electron chi connectivity index (χ1n) is 4.99. The summed E-state index contributed by atoms with van der Waals surface area (Å²) in [5.74, 6) is 1.28. The number of hydrogen-bond acceptors (Lipinski definition) is 2. The first kappa shape index (κ1) is 11.9. The molecule has 0 unspecified atom stereocenters. The zero-order valence-corrected chi connectivity index (χ0v) is 10.5. The summed E-state index contributed by atoms with van der Waals surface area (Å²) >= 11 is 7.10. The molecule has 80 valence electrons. The molecule has 0 aliphatic rings. The van der Waals surface area contributed by atoms with Crippen molar-refractivity contribution in [2.75, 3.05) is 12.0 Å². The lowest BCUT2D eigenvalue weighted by Crippen LogP contribution is -2.00. The molecule has 0 aromatic carbocycles. The zero-order chi connectivity index (χ0) is 10.4. The van der Waals surface area contributed by atoms with E-state index in [0.29, 0.717) is 0 Å². The number of aromatic amines is 1. The molecule has 1 aromatic heterocycles. The van der Waals surface area contributed by atoms with Gasteiger partial charge in [-0.1, -0.05) is 6.42 Å². The van der Waals surface area contributed by atoms with Gasteiger partial charge in [-0.15, -0.1) is 0 Å². The Balaban J connectivity index is 2.28. The third-order valence-corrected chi connectivity index (χ3v) is 3.34. The lowest BCUT2D eigenvalue weighted by molar-refractivity contribution is 0.589. The smallest absolute Gasteiger partial charge is 0.177 e. The van der Waals surface area contributed by atoms with E-state index in [1.54, 1.807) is 0 Å². The van der Waals surface area contributed by atoms with E-state index in [1.165, 1.54) is 30.7 Å². The quantitative estimate of drug-likeness (QED) is 0.597. The van der Waals surface area contributed by atoms with Crippen LogP contribution in [0.15, 0.2) is 6.20 Å². The average molecular weight is 230 g/mol. The van der Waals surface area contributed by atoms with E-state index < -0.39 is 0 Å². The van der Waals surface area contributed by atoms with Crippen LogP contribution in [-0.4, -0.2) is 21.6 Å². The topological polar surface area (TPSA) is 20.7 Å². The average Bonchev–Trinajstić information content (AvgIpc) is 2.48. The number of H-pyrrole nitrogens is 1. The number of thioether (sulfide) groups is 1. The molecule has 0 atom stereocenters. The van der Waals surface area contributed by atoms with Gasteiger partial charge in [-0.05, 0) is 44.0 Å². The molecule has 0 spiro atoms. The summed E-state index contributed by atoms with van der Waals surface area (Å²) in [5, 5.41) is 0. The van der Waals surface area contributed by atoms with Crippen molar-refractivity contribution in [1.29, 1.82) is 0 Å². The molecule has 0 aliphatic heterocycles. The molecular formula is C10H18N2S2. The van der Waals surface area contributed by atoms with Crippen LogP contribution in [0.4, 0.5) is 0 Å². The second-order valence-electron chi connectivity index (χ2n) is 3.44. The first-order chi connectivity index (χ1) is 6.75. The number of rotatable bonds is 6. The lowest BCUT2D eigenvalue weighted by Gasteiger charge is -2.04. The lowest BCUT2D eigenvalue weighted by atomic mass is 10.2. The van der Waals surface area contributed by atoms with Crippen molar-refractivity contribution < 1.29 is 0 Å². The number of hydrogen-bond donors (Lipinski definition) is 1. The predicted octanol–water partition coefficient (Wildman–Crippen LogP) is 3.39. The Morgan fingerprint density at radius 2 is 2.21 bits per heavy atom. The molecule has 0 saturated heterocycles.